The fraction of sp³-hybridized carbons (Fsp3) is 0.450. The van der Waals surface area contributed by atoms with Crippen LogP contribution in [0.2, 0.25) is 0 Å². The smallest absolute Gasteiger partial charge is 0.261 e. The number of fused-ring (bicyclic) bond motifs is 3. The van der Waals surface area contributed by atoms with Crippen LogP contribution in [0.3, 0.4) is 0 Å². The molecule has 4 heteroatoms. The van der Waals surface area contributed by atoms with Gasteiger partial charge in [0.2, 0.25) is 0 Å². The summed E-state index contributed by atoms with van der Waals surface area (Å²) in [6.07, 6.45) is 2.43. The molecule has 1 amide bonds. The molecule has 3 aliphatic heterocycles. The summed E-state index contributed by atoms with van der Waals surface area (Å²) in [6.45, 7) is 6.73. The van der Waals surface area contributed by atoms with Crippen molar-refractivity contribution in [2.45, 2.75) is 38.8 Å². The predicted molar refractivity (Wildman–Crippen MR) is 99.5 cm³/mol. The van der Waals surface area contributed by atoms with Crippen LogP contribution in [0.1, 0.15) is 35.0 Å². The molecule has 3 saturated heterocycles. The van der Waals surface area contributed by atoms with Crippen molar-refractivity contribution in [1.29, 1.82) is 0 Å². The Morgan fingerprint density at radius 1 is 1.21 bits per heavy atom. The highest BCUT2D eigenvalue weighted by atomic mass is 32.1. The predicted octanol–water partition coefficient (Wildman–Crippen LogP) is 3.94. The summed E-state index contributed by atoms with van der Waals surface area (Å²) in [5.74, 6) is 0.731. The second-order valence-corrected chi connectivity index (χ2v) is 8.09. The minimum Gasteiger partial charge on any atom is -0.347 e. The van der Waals surface area contributed by atoms with Gasteiger partial charge in [0.25, 0.3) is 5.91 Å². The van der Waals surface area contributed by atoms with Crippen LogP contribution in [0, 0.1) is 12.8 Å². The first-order chi connectivity index (χ1) is 11.6. The van der Waals surface area contributed by atoms with Gasteiger partial charge in [0.1, 0.15) is 0 Å². The third kappa shape index (κ3) is 2.89. The molecule has 24 heavy (non-hydrogen) atoms. The van der Waals surface area contributed by atoms with Gasteiger partial charge in [-0.25, -0.2) is 0 Å². The standard InChI is InChI=1S/C20H24N2OS/c1-13-4-3-5-16(10-13)17-11-18(24-12-17)20(23)21-19-14(2)22-8-6-15(19)7-9-22/h3-5,10-12,14-15,19H,6-9H2,1-2H3,(H,21,23)/t14-,19-/m0/s1. The van der Waals surface area contributed by atoms with Crippen LogP contribution in [-0.2, 0) is 0 Å². The Kier molecular flexibility index (Phi) is 4.19. The number of thiophene rings is 1. The van der Waals surface area contributed by atoms with E-state index < -0.39 is 0 Å². The van der Waals surface area contributed by atoms with Gasteiger partial charge in [-0.15, -0.1) is 11.3 Å². The van der Waals surface area contributed by atoms with Crippen molar-refractivity contribution >= 4 is 17.2 Å². The maximum atomic E-state index is 12.7. The van der Waals surface area contributed by atoms with Gasteiger partial charge in [-0.05, 0) is 68.3 Å². The van der Waals surface area contributed by atoms with Gasteiger partial charge in [0.05, 0.1) is 4.88 Å². The summed E-state index contributed by atoms with van der Waals surface area (Å²) < 4.78 is 0. The Hall–Kier alpha value is -1.65. The monoisotopic (exact) mass is 340 g/mol. The average molecular weight is 340 g/mol. The van der Waals surface area contributed by atoms with E-state index in [1.54, 1.807) is 11.3 Å². The van der Waals surface area contributed by atoms with Crippen LogP contribution in [0.25, 0.3) is 11.1 Å². The highest BCUT2D eigenvalue weighted by Gasteiger charge is 2.40. The van der Waals surface area contributed by atoms with Gasteiger partial charge < -0.3 is 5.32 Å². The Morgan fingerprint density at radius 3 is 2.71 bits per heavy atom. The lowest BCUT2D eigenvalue weighted by atomic mass is 9.79. The third-order valence-electron chi connectivity index (χ3n) is 5.65. The van der Waals surface area contributed by atoms with Crippen LogP contribution in [0.5, 0.6) is 0 Å². The van der Waals surface area contributed by atoms with Gasteiger partial charge in [0, 0.05) is 12.1 Å². The van der Waals surface area contributed by atoms with E-state index in [1.165, 1.54) is 37.1 Å². The number of hydrogen-bond acceptors (Lipinski definition) is 3. The van der Waals surface area contributed by atoms with Crippen LogP contribution in [0.15, 0.2) is 35.7 Å². The van der Waals surface area contributed by atoms with Crippen molar-refractivity contribution in [2.75, 3.05) is 13.1 Å². The van der Waals surface area contributed by atoms with Crippen molar-refractivity contribution in [1.82, 2.24) is 10.2 Å². The van der Waals surface area contributed by atoms with E-state index in [-0.39, 0.29) is 5.91 Å². The molecule has 0 unspecified atom stereocenters. The van der Waals surface area contributed by atoms with E-state index in [0.29, 0.717) is 18.0 Å². The largest absolute Gasteiger partial charge is 0.347 e. The number of hydrogen-bond donors (Lipinski definition) is 1. The number of carbonyl (C=O) groups is 1. The van der Waals surface area contributed by atoms with Gasteiger partial charge >= 0.3 is 0 Å². The molecule has 0 aliphatic carbocycles. The van der Waals surface area contributed by atoms with Gasteiger partial charge in [0.15, 0.2) is 0 Å². The zero-order chi connectivity index (χ0) is 16.7. The highest BCUT2D eigenvalue weighted by Crippen LogP contribution is 2.33. The van der Waals surface area contributed by atoms with Gasteiger partial charge in [-0.3, -0.25) is 9.69 Å². The summed E-state index contributed by atoms with van der Waals surface area (Å²) in [5.41, 5.74) is 3.56. The molecule has 2 aromatic rings. The molecule has 0 radical (unpaired) electrons. The Bertz CT molecular complexity index is 744. The second-order valence-electron chi connectivity index (χ2n) is 7.18. The minimum atomic E-state index is 0.0875. The first kappa shape index (κ1) is 15.9. The molecule has 2 bridgehead atoms. The molecule has 1 N–H and O–H groups in total. The fourth-order valence-electron chi connectivity index (χ4n) is 4.20. The lowest BCUT2D eigenvalue weighted by molar-refractivity contribution is 0.0218. The Morgan fingerprint density at radius 2 is 2.00 bits per heavy atom. The normalized spacial score (nSPS) is 28.8. The maximum absolute atomic E-state index is 12.7. The van der Waals surface area contributed by atoms with Gasteiger partial charge in [-0.1, -0.05) is 29.8 Å². The highest BCUT2D eigenvalue weighted by molar-refractivity contribution is 7.12. The minimum absolute atomic E-state index is 0.0875. The zero-order valence-corrected chi connectivity index (χ0v) is 15.1. The van der Waals surface area contributed by atoms with Crippen LogP contribution in [0.4, 0.5) is 0 Å². The number of carbonyl (C=O) groups excluding carboxylic acids is 1. The number of rotatable bonds is 3. The molecular formula is C20H24N2OS. The van der Waals surface area contributed by atoms with Crippen molar-refractivity contribution < 1.29 is 4.79 Å². The quantitative estimate of drug-likeness (QED) is 0.918. The second kappa shape index (κ2) is 6.34. The van der Waals surface area contributed by atoms with Crippen LogP contribution >= 0.6 is 11.3 Å². The summed E-state index contributed by atoms with van der Waals surface area (Å²) in [6, 6.07) is 11.2. The first-order valence-electron chi connectivity index (χ1n) is 8.82. The van der Waals surface area contributed by atoms with E-state index in [4.69, 9.17) is 0 Å². The first-order valence-corrected chi connectivity index (χ1v) is 9.70. The third-order valence-corrected chi connectivity index (χ3v) is 6.58. The Balaban J connectivity index is 1.49. The van der Waals surface area contributed by atoms with Crippen LogP contribution in [-0.4, -0.2) is 36.0 Å². The average Bonchev–Trinajstić information content (AvgIpc) is 3.09. The molecule has 5 rings (SSSR count). The van der Waals surface area contributed by atoms with Crippen LogP contribution < -0.4 is 5.32 Å². The number of benzene rings is 1. The van der Waals surface area contributed by atoms with E-state index in [9.17, 15) is 4.79 Å². The summed E-state index contributed by atoms with van der Waals surface area (Å²) >= 11 is 1.54. The molecule has 3 aliphatic rings. The van der Waals surface area contributed by atoms with Gasteiger partial charge in [-0.2, -0.15) is 0 Å². The number of piperidine rings is 3. The van der Waals surface area contributed by atoms with Crippen molar-refractivity contribution in [2.24, 2.45) is 5.92 Å². The van der Waals surface area contributed by atoms with E-state index in [2.05, 4.69) is 53.7 Å². The number of nitrogens with one attached hydrogen (secondary N) is 1. The molecule has 4 heterocycles. The van der Waals surface area contributed by atoms with E-state index in [0.717, 1.165) is 10.4 Å². The number of amides is 1. The van der Waals surface area contributed by atoms with Crippen molar-refractivity contribution in [3.8, 4) is 11.1 Å². The zero-order valence-electron chi connectivity index (χ0n) is 14.3. The van der Waals surface area contributed by atoms with Crippen molar-refractivity contribution in [3.63, 3.8) is 0 Å². The topological polar surface area (TPSA) is 32.3 Å². The molecule has 126 valence electrons. The van der Waals surface area contributed by atoms with E-state index >= 15 is 0 Å². The number of aryl methyl sites for hydroxylation is 1. The number of nitrogens with zero attached hydrogens (tertiary/aromatic N) is 1. The molecule has 3 nitrogen and oxygen atoms in total. The van der Waals surface area contributed by atoms with E-state index in [1.807, 2.05) is 6.07 Å². The molecule has 1 aromatic carbocycles. The summed E-state index contributed by atoms with van der Waals surface area (Å²) in [5, 5.41) is 5.41. The molecule has 3 fully saturated rings. The molecular weight excluding hydrogens is 316 g/mol. The molecule has 2 atom stereocenters. The fourth-order valence-corrected chi connectivity index (χ4v) is 5.02. The maximum Gasteiger partial charge on any atom is 0.261 e. The Labute approximate surface area is 147 Å². The summed E-state index contributed by atoms with van der Waals surface area (Å²) in [7, 11) is 0. The molecule has 1 aromatic heterocycles. The summed E-state index contributed by atoms with van der Waals surface area (Å²) in [4.78, 5) is 16.1. The molecule has 0 spiro atoms. The lowest BCUT2D eigenvalue weighted by Gasteiger charge is -2.49. The SMILES string of the molecule is Cc1cccc(-c2csc(C(=O)N[C@@H]3C4CCN(CC4)[C@H]3C)c2)c1. The molecule has 0 saturated carbocycles. The lowest BCUT2D eigenvalue weighted by Crippen LogP contribution is -2.62. The van der Waals surface area contributed by atoms with Crippen molar-refractivity contribution in [3.05, 3.63) is 46.2 Å².